The molecular formula is C25H21F3N6O3. The molecule has 1 saturated carbocycles. The first-order chi connectivity index (χ1) is 17.8. The van der Waals surface area contributed by atoms with Gasteiger partial charge in [-0.05, 0) is 18.4 Å². The van der Waals surface area contributed by atoms with Crippen LogP contribution in [0.3, 0.4) is 0 Å². The molecule has 3 heterocycles. The minimum atomic E-state index is -4.52. The summed E-state index contributed by atoms with van der Waals surface area (Å²) in [7, 11) is 3.00. The second-order valence-corrected chi connectivity index (χ2v) is 8.53. The number of aryl methyl sites for hydroxylation is 1. The van der Waals surface area contributed by atoms with E-state index >= 15 is 0 Å². The number of carbonyl (C=O) groups is 1. The first-order valence-electron chi connectivity index (χ1n) is 11.3. The minimum Gasteiger partial charge on any atom is -0.480 e. The molecule has 190 valence electrons. The summed E-state index contributed by atoms with van der Waals surface area (Å²) in [5, 5.41) is 0. The SMILES string of the molecule is COc1ncnc(C2CC2)c1-c1ncc(C=O)c(OCc2ccc(-c3nc(C(F)(F)F)cn3C)cc2)n1. The number of benzene rings is 1. The highest BCUT2D eigenvalue weighted by atomic mass is 19.4. The van der Waals surface area contributed by atoms with E-state index in [1.165, 1.54) is 31.2 Å². The molecule has 37 heavy (non-hydrogen) atoms. The van der Waals surface area contributed by atoms with Crippen molar-refractivity contribution in [2.45, 2.75) is 31.5 Å². The van der Waals surface area contributed by atoms with Gasteiger partial charge >= 0.3 is 6.18 Å². The van der Waals surface area contributed by atoms with Crippen LogP contribution in [0.2, 0.25) is 0 Å². The van der Waals surface area contributed by atoms with Crippen LogP contribution in [0.25, 0.3) is 22.8 Å². The molecule has 0 spiro atoms. The van der Waals surface area contributed by atoms with Gasteiger partial charge in [-0.2, -0.15) is 18.2 Å². The van der Waals surface area contributed by atoms with Crippen LogP contribution in [0, 0.1) is 0 Å². The van der Waals surface area contributed by atoms with Crippen molar-refractivity contribution in [2.24, 2.45) is 7.05 Å². The van der Waals surface area contributed by atoms with Crippen molar-refractivity contribution in [3.63, 3.8) is 0 Å². The van der Waals surface area contributed by atoms with Gasteiger partial charge in [0, 0.05) is 30.9 Å². The maximum atomic E-state index is 13.0. The Morgan fingerprint density at radius 2 is 1.84 bits per heavy atom. The zero-order valence-electron chi connectivity index (χ0n) is 19.9. The Balaban J connectivity index is 1.38. The summed E-state index contributed by atoms with van der Waals surface area (Å²) in [6.45, 7) is 0.0594. The average Bonchev–Trinajstić information content (AvgIpc) is 3.67. The number of nitrogens with zero attached hydrogens (tertiary/aromatic N) is 6. The van der Waals surface area contributed by atoms with Crippen LogP contribution in [0.15, 0.2) is 43.0 Å². The van der Waals surface area contributed by atoms with Crippen LogP contribution in [0.1, 0.15) is 46.1 Å². The van der Waals surface area contributed by atoms with Crippen molar-refractivity contribution in [2.75, 3.05) is 7.11 Å². The standard InChI is InChI=1S/C25H21F3N6O3/c1-34-10-18(25(26,27)28)32-22(34)16-5-3-14(4-6-16)12-37-23-17(11-35)9-29-21(33-23)19-20(15-7-8-15)30-13-31-24(19)36-2/h3-6,9-11,13,15H,7-8,12H2,1-2H3. The van der Waals surface area contributed by atoms with Gasteiger partial charge in [-0.15, -0.1) is 0 Å². The molecule has 0 saturated heterocycles. The zero-order valence-corrected chi connectivity index (χ0v) is 19.9. The third-order valence-electron chi connectivity index (χ3n) is 5.88. The van der Waals surface area contributed by atoms with Crippen molar-refractivity contribution in [1.82, 2.24) is 29.5 Å². The number of aldehydes is 1. The molecule has 1 aromatic carbocycles. The third-order valence-corrected chi connectivity index (χ3v) is 5.88. The number of imidazole rings is 1. The normalized spacial score (nSPS) is 13.4. The highest BCUT2D eigenvalue weighted by molar-refractivity contribution is 5.78. The topological polar surface area (TPSA) is 105 Å². The van der Waals surface area contributed by atoms with Crippen LogP contribution >= 0.6 is 0 Å². The number of carbonyl (C=O) groups excluding carboxylic acids is 1. The highest BCUT2D eigenvalue weighted by Gasteiger charge is 2.34. The quantitative estimate of drug-likeness (QED) is 0.316. The summed E-state index contributed by atoms with van der Waals surface area (Å²) in [4.78, 5) is 32.7. The van der Waals surface area contributed by atoms with Gasteiger partial charge in [-0.25, -0.2) is 19.9 Å². The summed E-state index contributed by atoms with van der Waals surface area (Å²) in [6, 6.07) is 6.72. The lowest BCUT2D eigenvalue weighted by atomic mass is 10.1. The minimum absolute atomic E-state index is 0.0594. The van der Waals surface area contributed by atoms with Crippen LogP contribution in [-0.2, 0) is 19.8 Å². The monoisotopic (exact) mass is 510 g/mol. The fraction of sp³-hybridized carbons (Fsp3) is 0.280. The lowest BCUT2D eigenvalue weighted by Crippen LogP contribution is -2.06. The fourth-order valence-corrected chi connectivity index (χ4v) is 3.88. The van der Waals surface area contributed by atoms with Gasteiger partial charge in [0.1, 0.15) is 24.3 Å². The molecule has 3 aromatic heterocycles. The van der Waals surface area contributed by atoms with Crippen LogP contribution in [-0.4, -0.2) is 42.9 Å². The lowest BCUT2D eigenvalue weighted by Gasteiger charge is -2.13. The summed E-state index contributed by atoms with van der Waals surface area (Å²) in [5.41, 5.74) is 1.79. The Hall–Kier alpha value is -4.35. The first-order valence-corrected chi connectivity index (χ1v) is 11.3. The number of hydrogen-bond donors (Lipinski definition) is 0. The molecule has 9 nitrogen and oxygen atoms in total. The number of ether oxygens (including phenoxy) is 2. The average molecular weight is 510 g/mol. The number of rotatable bonds is 8. The van der Waals surface area contributed by atoms with Crippen molar-refractivity contribution in [3.8, 4) is 34.5 Å². The number of hydrogen-bond acceptors (Lipinski definition) is 8. The van der Waals surface area contributed by atoms with E-state index in [1.807, 2.05) is 0 Å². The Morgan fingerprint density at radius 1 is 1.08 bits per heavy atom. The van der Waals surface area contributed by atoms with E-state index in [-0.39, 0.29) is 35.6 Å². The molecule has 1 aliphatic rings. The molecule has 0 radical (unpaired) electrons. The van der Waals surface area contributed by atoms with Crippen LogP contribution in [0.4, 0.5) is 13.2 Å². The maximum absolute atomic E-state index is 13.0. The smallest absolute Gasteiger partial charge is 0.434 e. The van der Waals surface area contributed by atoms with E-state index in [4.69, 9.17) is 9.47 Å². The second kappa shape index (κ2) is 9.60. The maximum Gasteiger partial charge on any atom is 0.434 e. The van der Waals surface area contributed by atoms with Crippen molar-refractivity contribution in [3.05, 3.63) is 65.5 Å². The number of methoxy groups -OCH3 is 1. The predicted octanol–water partition coefficient (Wildman–Crippen LogP) is 4.63. The lowest BCUT2D eigenvalue weighted by molar-refractivity contribution is -0.140. The summed E-state index contributed by atoms with van der Waals surface area (Å²) in [6.07, 6.45) is 1.82. The Labute approximate surface area is 209 Å². The Morgan fingerprint density at radius 3 is 2.46 bits per heavy atom. The molecule has 1 fully saturated rings. The molecule has 0 N–H and O–H groups in total. The van der Waals surface area contributed by atoms with Gasteiger partial charge in [-0.1, -0.05) is 24.3 Å². The van der Waals surface area contributed by atoms with E-state index in [9.17, 15) is 18.0 Å². The highest BCUT2D eigenvalue weighted by Crippen LogP contribution is 2.45. The Bertz CT molecular complexity index is 1450. The van der Waals surface area contributed by atoms with Gasteiger partial charge in [0.15, 0.2) is 17.8 Å². The second-order valence-electron chi connectivity index (χ2n) is 8.53. The molecule has 0 atom stereocenters. The van der Waals surface area contributed by atoms with Gasteiger partial charge in [0.05, 0.1) is 18.4 Å². The molecule has 5 rings (SSSR count). The molecule has 4 aromatic rings. The number of halogens is 3. The molecule has 0 amide bonds. The van der Waals surface area contributed by atoms with Crippen molar-refractivity contribution in [1.29, 1.82) is 0 Å². The predicted molar refractivity (Wildman–Crippen MR) is 125 cm³/mol. The molecular weight excluding hydrogens is 489 g/mol. The van der Waals surface area contributed by atoms with Crippen molar-refractivity contribution < 1.29 is 27.4 Å². The third kappa shape index (κ3) is 4.99. The van der Waals surface area contributed by atoms with E-state index in [2.05, 4.69) is 24.9 Å². The van der Waals surface area contributed by atoms with Crippen LogP contribution in [0.5, 0.6) is 11.8 Å². The summed E-state index contributed by atoms with van der Waals surface area (Å²) >= 11 is 0. The van der Waals surface area contributed by atoms with E-state index in [0.29, 0.717) is 28.9 Å². The summed E-state index contributed by atoms with van der Waals surface area (Å²) in [5.74, 6) is 1.16. The zero-order chi connectivity index (χ0) is 26.2. The molecule has 12 heteroatoms. The van der Waals surface area contributed by atoms with E-state index in [1.54, 1.807) is 24.3 Å². The van der Waals surface area contributed by atoms with Gasteiger partial charge in [0.25, 0.3) is 0 Å². The number of aromatic nitrogens is 6. The fourth-order valence-electron chi connectivity index (χ4n) is 3.88. The summed E-state index contributed by atoms with van der Waals surface area (Å²) < 4.78 is 51.5. The molecule has 0 unspecified atom stereocenters. The first kappa shape index (κ1) is 24.3. The van der Waals surface area contributed by atoms with Gasteiger partial charge < -0.3 is 14.0 Å². The van der Waals surface area contributed by atoms with E-state index < -0.39 is 11.9 Å². The van der Waals surface area contributed by atoms with Crippen LogP contribution < -0.4 is 9.47 Å². The number of alkyl halides is 3. The largest absolute Gasteiger partial charge is 0.480 e. The molecule has 1 aliphatic carbocycles. The molecule has 0 bridgehead atoms. The van der Waals surface area contributed by atoms with Gasteiger partial charge in [0.2, 0.25) is 11.8 Å². The van der Waals surface area contributed by atoms with Gasteiger partial charge in [-0.3, -0.25) is 4.79 Å². The van der Waals surface area contributed by atoms with Crippen molar-refractivity contribution >= 4 is 6.29 Å². The Kier molecular flexibility index (Phi) is 6.32. The van der Waals surface area contributed by atoms with E-state index in [0.717, 1.165) is 24.7 Å². The molecule has 0 aliphatic heterocycles.